The molecular weight excluding hydrogens is 371 g/mol. The molecule has 0 unspecified atom stereocenters. The summed E-state index contributed by atoms with van der Waals surface area (Å²) in [5, 5.41) is 11.8. The summed E-state index contributed by atoms with van der Waals surface area (Å²) in [7, 11) is 0. The van der Waals surface area contributed by atoms with Crippen LogP contribution in [0.4, 0.5) is 13.2 Å². The number of aliphatic carboxylic acids is 1. The summed E-state index contributed by atoms with van der Waals surface area (Å²) in [6.45, 7) is 6.19. The molecule has 0 bridgehead atoms. The second-order valence-electron chi connectivity index (χ2n) is 7.59. The van der Waals surface area contributed by atoms with E-state index in [0.717, 1.165) is 35.4 Å². The molecule has 0 saturated heterocycles. The molecule has 7 heteroatoms. The Hall–Kier alpha value is -2.83. The minimum absolute atomic E-state index is 0.0395. The number of hydrogen-bond donors (Lipinski definition) is 2. The van der Waals surface area contributed by atoms with Crippen molar-refractivity contribution in [2.45, 2.75) is 44.8 Å². The second kappa shape index (κ2) is 8.04. The van der Waals surface area contributed by atoms with Crippen molar-refractivity contribution in [3.8, 4) is 0 Å². The molecule has 28 heavy (non-hydrogen) atoms. The Morgan fingerprint density at radius 1 is 0.929 bits per heavy atom. The zero-order chi connectivity index (χ0) is 21.1. The third-order valence-corrected chi connectivity index (χ3v) is 4.34. The van der Waals surface area contributed by atoms with Crippen LogP contribution in [-0.2, 0) is 22.8 Å². The van der Waals surface area contributed by atoms with Crippen LogP contribution in [0, 0.1) is 0 Å². The first kappa shape index (κ1) is 21.5. The third kappa shape index (κ3) is 5.58. The molecule has 2 N–H and O–H groups in total. The van der Waals surface area contributed by atoms with Gasteiger partial charge in [0.15, 0.2) is 0 Å². The van der Waals surface area contributed by atoms with Gasteiger partial charge in [0, 0.05) is 12.0 Å². The molecule has 2 aromatic rings. The number of benzene rings is 2. The van der Waals surface area contributed by atoms with E-state index >= 15 is 0 Å². The molecule has 0 heterocycles. The Kier molecular flexibility index (Phi) is 6.17. The van der Waals surface area contributed by atoms with Gasteiger partial charge in [0.2, 0.25) is 0 Å². The normalized spacial score (nSPS) is 13.1. The predicted molar refractivity (Wildman–Crippen MR) is 99.2 cm³/mol. The van der Waals surface area contributed by atoms with Gasteiger partial charge < -0.3 is 10.4 Å². The summed E-state index contributed by atoms with van der Waals surface area (Å²) < 4.78 is 37.8. The molecule has 0 radical (unpaired) electrons. The Morgan fingerprint density at radius 3 is 1.86 bits per heavy atom. The second-order valence-corrected chi connectivity index (χ2v) is 7.59. The van der Waals surface area contributed by atoms with Gasteiger partial charge in [-0.1, -0.05) is 45.0 Å². The van der Waals surface area contributed by atoms with Gasteiger partial charge in [-0.25, -0.2) is 4.79 Å². The molecule has 1 atom stereocenters. The zero-order valence-electron chi connectivity index (χ0n) is 15.8. The van der Waals surface area contributed by atoms with E-state index in [1.54, 1.807) is 12.1 Å². The highest BCUT2D eigenvalue weighted by Gasteiger charge is 2.30. The molecule has 150 valence electrons. The summed E-state index contributed by atoms with van der Waals surface area (Å²) in [5.74, 6) is -1.97. The summed E-state index contributed by atoms with van der Waals surface area (Å²) in [4.78, 5) is 23.8. The van der Waals surface area contributed by atoms with Gasteiger partial charge in [-0.05, 0) is 40.8 Å². The predicted octanol–water partition coefficient (Wildman–Crippen LogP) is 4.43. The van der Waals surface area contributed by atoms with Crippen molar-refractivity contribution in [2.75, 3.05) is 0 Å². The van der Waals surface area contributed by atoms with E-state index < -0.39 is 29.7 Å². The van der Waals surface area contributed by atoms with Gasteiger partial charge in [-0.3, -0.25) is 4.79 Å². The fraction of sp³-hybridized carbons (Fsp3) is 0.333. The van der Waals surface area contributed by atoms with E-state index in [1.807, 2.05) is 12.1 Å². The first-order valence-electron chi connectivity index (χ1n) is 8.68. The van der Waals surface area contributed by atoms with Crippen molar-refractivity contribution in [3.05, 3.63) is 70.8 Å². The summed E-state index contributed by atoms with van der Waals surface area (Å²) in [6.07, 6.45) is -4.44. The molecule has 0 saturated carbocycles. The molecule has 0 aliphatic carbocycles. The van der Waals surface area contributed by atoms with E-state index in [-0.39, 0.29) is 17.4 Å². The van der Waals surface area contributed by atoms with Gasteiger partial charge >= 0.3 is 12.1 Å². The van der Waals surface area contributed by atoms with E-state index in [9.17, 15) is 27.9 Å². The number of rotatable bonds is 5. The van der Waals surface area contributed by atoms with Crippen molar-refractivity contribution in [2.24, 2.45) is 0 Å². The molecule has 2 aromatic carbocycles. The van der Waals surface area contributed by atoms with Crippen LogP contribution < -0.4 is 5.32 Å². The van der Waals surface area contributed by atoms with Crippen molar-refractivity contribution < 1.29 is 27.9 Å². The van der Waals surface area contributed by atoms with Crippen LogP contribution in [0.3, 0.4) is 0 Å². The Morgan fingerprint density at radius 2 is 1.43 bits per heavy atom. The molecule has 0 aliphatic rings. The largest absolute Gasteiger partial charge is 0.480 e. The van der Waals surface area contributed by atoms with Crippen molar-refractivity contribution in [3.63, 3.8) is 0 Å². The summed E-state index contributed by atoms with van der Waals surface area (Å²) in [5.41, 5.74) is 0.867. The van der Waals surface area contributed by atoms with Crippen LogP contribution in [0.5, 0.6) is 0 Å². The first-order valence-corrected chi connectivity index (χ1v) is 8.68. The van der Waals surface area contributed by atoms with Crippen LogP contribution in [0.15, 0.2) is 48.5 Å². The van der Waals surface area contributed by atoms with E-state index in [0.29, 0.717) is 0 Å². The van der Waals surface area contributed by atoms with Crippen molar-refractivity contribution >= 4 is 11.9 Å². The standard InChI is InChI=1S/C21H22F3NO3/c1-20(2,3)15-8-4-13(5-9-15)12-17(19(27)28)25-18(26)14-6-10-16(11-7-14)21(22,23)24/h4-11,17H,12H2,1-3H3,(H,25,26)(H,27,28)/t17-/m0/s1. The van der Waals surface area contributed by atoms with Crippen LogP contribution in [-0.4, -0.2) is 23.0 Å². The first-order chi connectivity index (χ1) is 12.9. The Balaban J connectivity index is 2.10. The number of carbonyl (C=O) groups is 2. The number of carbonyl (C=O) groups excluding carboxylic acids is 1. The van der Waals surface area contributed by atoms with Gasteiger partial charge in [-0.15, -0.1) is 0 Å². The maximum atomic E-state index is 12.6. The van der Waals surface area contributed by atoms with Gasteiger partial charge in [0.1, 0.15) is 6.04 Å². The average molecular weight is 393 g/mol. The van der Waals surface area contributed by atoms with Gasteiger partial charge in [0.05, 0.1) is 5.56 Å². The van der Waals surface area contributed by atoms with Gasteiger partial charge in [-0.2, -0.15) is 13.2 Å². The lowest BCUT2D eigenvalue weighted by molar-refractivity contribution is -0.139. The molecule has 4 nitrogen and oxygen atoms in total. The highest BCUT2D eigenvalue weighted by Crippen LogP contribution is 2.29. The average Bonchev–Trinajstić information content (AvgIpc) is 2.60. The van der Waals surface area contributed by atoms with Crippen LogP contribution in [0.2, 0.25) is 0 Å². The molecule has 0 aliphatic heterocycles. The van der Waals surface area contributed by atoms with Gasteiger partial charge in [0.25, 0.3) is 5.91 Å². The highest BCUT2D eigenvalue weighted by molar-refractivity contribution is 5.96. The molecular formula is C21H22F3NO3. The number of amides is 1. The topological polar surface area (TPSA) is 66.4 Å². The fourth-order valence-electron chi connectivity index (χ4n) is 2.63. The van der Waals surface area contributed by atoms with E-state index in [2.05, 4.69) is 26.1 Å². The fourth-order valence-corrected chi connectivity index (χ4v) is 2.63. The SMILES string of the molecule is CC(C)(C)c1ccc(C[C@H](NC(=O)c2ccc(C(F)(F)F)cc2)C(=O)O)cc1. The highest BCUT2D eigenvalue weighted by atomic mass is 19.4. The van der Waals surface area contributed by atoms with Crippen LogP contribution >= 0.6 is 0 Å². The summed E-state index contributed by atoms with van der Waals surface area (Å²) >= 11 is 0. The lowest BCUT2D eigenvalue weighted by Gasteiger charge is -2.20. The molecule has 1 amide bonds. The molecule has 0 spiro atoms. The maximum Gasteiger partial charge on any atom is 0.416 e. The smallest absolute Gasteiger partial charge is 0.416 e. The molecule has 0 aromatic heterocycles. The number of nitrogens with one attached hydrogen (secondary N) is 1. The minimum Gasteiger partial charge on any atom is -0.480 e. The number of carboxylic acids is 1. The third-order valence-electron chi connectivity index (χ3n) is 4.34. The summed E-state index contributed by atoms with van der Waals surface area (Å²) in [6, 6.07) is 9.85. The van der Waals surface area contributed by atoms with Crippen LogP contribution in [0.25, 0.3) is 0 Å². The number of carboxylic acid groups (broad SMARTS) is 1. The number of alkyl halides is 3. The lowest BCUT2D eigenvalue weighted by atomic mass is 9.86. The Labute approximate surface area is 161 Å². The number of halogens is 3. The monoisotopic (exact) mass is 393 g/mol. The minimum atomic E-state index is -4.50. The Bertz CT molecular complexity index is 835. The zero-order valence-corrected chi connectivity index (χ0v) is 15.8. The van der Waals surface area contributed by atoms with E-state index in [1.165, 1.54) is 0 Å². The van der Waals surface area contributed by atoms with E-state index in [4.69, 9.17) is 0 Å². The van der Waals surface area contributed by atoms with Crippen molar-refractivity contribution in [1.29, 1.82) is 0 Å². The maximum absolute atomic E-state index is 12.6. The quantitative estimate of drug-likeness (QED) is 0.790. The number of hydrogen-bond acceptors (Lipinski definition) is 2. The van der Waals surface area contributed by atoms with Crippen molar-refractivity contribution in [1.82, 2.24) is 5.32 Å². The lowest BCUT2D eigenvalue weighted by Crippen LogP contribution is -2.42. The molecule has 2 rings (SSSR count). The van der Waals surface area contributed by atoms with Crippen LogP contribution in [0.1, 0.15) is 47.8 Å². The molecule has 0 fully saturated rings.